The third-order valence-electron chi connectivity index (χ3n) is 4.40. The van der Waals surface area contributed by atoms with E-state index < -0.39 is 10.1 Å². The predicted octanol–water partition coefficient (Wildman–Crippen LogP) is 5.87. The van der Waals surface area contributed by atoms with Gasteiger partial charge in [-0.1, -0.05) is 36.4 Å². The maximum Gasteiger partial charge on any atom is 0.294 e. The molecular formula is C21H17NO3S2. The van der Waals surface area contributed by atoms with Gasteiger partial charge in [0.25, 0.3) is 10.1 Å². The van der Waals surface area contributed by atoms with Gasteiger partial charge in [-0.05, 0) is 65.2 Å². The average Bonchev–Trinajstić information content (AvgIpc) is 3.01. The summed E-state index contributed by atoms with van der Waals surface area (Å²) in [4.78, 5) is 1.08. The molecule has 2 N–H and O–H groups in total. The Morgan fingerprint density at radius 2 is 1.59 bits per heavy atom. The first-order chi connectivity index (χ1) is 12.9. The lowest BCUT2D eigenvalue weighted by atomic mass is 10.0. The second kappa shape index (κ2) is 6.81. The van der Waals surface area contributed by atoms with Crippen LogP contribution in [0, 0.1) is 6.92 Å². The second-order valence-corrected chi connectivity index (χ2v) is 8.94. The van der Waals surface area contributed by atoms with Crippen LogP contribution in [0.25, 0.3) is 21.9 Å². The number of aryl methyl sites for hydroxylation is 1. The third-order valence-corrected chi connectivity index (χ3v) is 6.23. The minimum absolute atomic E-state index is 0.118. The summed E-state index contributed by atoms with van der Waals surface area (Å²) in [5, 5.41) is 6.68. The summed E-state index contributed by atoms with van der Waals surface area (Å²) in [7, 11) is -4.17. The highest BCUT2D eigenvalue weighted by atomic mass is 32.2. The van der Waals surface area contributed by atoms with E-state index in [4.69, 9.17) is 4.55 Å². The van der Waals surface area contributed by atoms with E-state index in [-0.39, 0.29) is 4.90 Å². The predicted molar refractivity (Wildman–Crippen MR) is 112 cm³/mol. The van der Waals surface area contributed by atoms with Gasteiger partial charge in [-0.25, -0.2) is 0 Å². The highest BCUT2D eigenvalue weighted by Gasteiger charge is 2.11. The van der Waals surface area contributed by atoms with Crippen molar-refractivity contribution in [3.63, 3.8) is 0 Å². The Morgan fingerprint density at radius 1 is 0.889 bits per heavy atom. The maximum atomic E-state index is 11.1. The molecule has 0 unspecified atom stereocenters. The average molecular weight is 396 g/mol. The van der Waals surface area contributed by atoms with Crippen LogP contribution in [0.3, 0.4) is 0 Å². The molecule has 1 aromatic heterocycles. The van der Waals surface area contributed by atoms with Crippen molar-refractivity contribution in [1.29, 1.82) is 0 Å². The zero-order valence-corrected chi connectivity index (χ0v) is 16.1. The summed E-state index contributed by atoms with van der Waals surface area (Å²) in [6.07, 6.45) is 0. The van der Waals surface area contributed by atoms with Gasteiger partial charge in [0.1, 0.15) is 0 Å². The lowest BCUT2D eigenvalue weighted by Gasteiger charge is -2.04. The minimum atomic E-state index is -4.17. The normalized spacial score (nSPS) is 11.6. The van der Waals surface area contributed by atoms with Gasteiger partial charge < -0.3 is 5.32 Å². The molecule has 0 aliphatic heterocycles. The van der Waals surface area contributed by atoms with Crippen molar-refractivity contribution in [2.45, 2.75) is 11.8 Å². The number of benzene rings is 3. The van der Waals surface area contributed by atoms with Gasteiger partial charge in [0.2, 0.25) is 0 Å². The molecule has 0 aliphatic rings. The Hall–Kier alpha value is -2.67. The summed E-state index contributed by atoms with van der Waals surface area (Å²) in [5.74, 6) is 0. The molecule has 0 saturated carbocycles. The molecule has 0 radical (unpaired) electrons. The molecular weight excluding hydrogens is 378 g/mol. The van der Waals surface area contributed by atoms with E-state index >= 15 is 0 Å². The van der Waals surface area contributed by atoms with Crippen LogP contribution in [0.5, 0.6) is 0 Å². The van der Waals surface area contributed by atoms with Crippen molar-refractivity contribution in [2.24, 2.45) is 0 Å². The molecule has 136 valence electrons. The van der Waals surface area contributed by atoms with E-state index in [0.29, 0.717) is 0 Å². The van der Waals surface area contributed by atoms with Crippen LogP contribution in [0.4, 0.5) is 10.7 Å². The van der Waals surface area contributed by atoms with Crippen LogP contribution >= 0.6 is 11.3 Å². The van der Waals surface area contributed by atoms with Gasteiger partial charge >= 0.3 is 0 Å². The molecule has 4 nitrogen and oxygen atoms in total. The van der Waals surface area contributed by atoms with Gasteiger partial charge in [0, 0.05) is 10.6 Å². The lowest BCUT2D eigenvalue weighted by molar-refractivity contribution is 0.483. The molecule has 0 fully saturated rings. The summed E-state index contributed by atoms with van der Waals surface area (Å²) in [6.45, 7) is 2.09. The lowest BCUT2D eigenvalue weighted by Crippen LogP contribution is -1.97. The van der Waals surface area contributed by atoms with Gasteiger partial charge in [-0.3, -0.25) is 4.55 Å². The first-order valence-electron chi connectivity index (χ1n) is 8.34. The van der Waals surface area contributed by atoms with Crippen LogP contribution in [0.2, 0.25) is 0 Å². The summed E-state index contributed by atoms with van der Waals surface area (Å²) >= 11 is 1.64. The first-order valence-corrected chi connectivity index (χ1v) is 10.6. The standard InChI is InChI=1S/C21H17NO3S2/c1-14-20(17-7-6-15-4-2-3-5-16(15)12-17)13-21(26-14)22-18-8-10-19(11-9-18)27(23,24)25/h2-13,22H,1H3,(H,23,24,25). The number of anilines is 2. The quantitative estimate of drug-likeness (QED) is 0.424. The molecule has 27 heavy (non-hydrogen) atoms. The van der Waals surface area contributed by atoms with Crippen molar-refractivity contribution in [1.82, 2.24) is 0 Å². The Morgan fingerprint density at radius 3 is 2.30 bits per heavy atom. The molecule has 4 aromatic rings. The Labute approximate surface area is 161 Å². The van der Waals surface area contributed by atoms with E-state index in [9.17, 15) is 8.42 Å². The second-order valence-electron chi connectivity index (χ2n) is 6.27. The van der Waals surface area contributed by atoms with Crippen molar-refractivity contribution in [3.05, 3.63) is 77.7 Å². The molecule has 0 spiro atoms. The number of fused-ring (bicyclic) bond motifs is 1. The smallest absolute Gasteiger partial charge is 0.294 e. The number of hydrogen-bond donors (Lipinski definition) is 2. The fourth-order valence-corrected chi connectivity index (χ4v) is 4.48. The van der Waals surface area contributed by atoms with E-state index in [1.807, 2.05) is 12.1 Å². The highest BCUT2D eigenvalue weighted by Crippen LogP contribution is 2.36. The molecule has 1 heterocycles. The molecule has 4 rings (SSSR count). The monoisotopic (exact) mass is 395 g/mol. The highest BCUT2D eigenvalue weighted by molar-refractivity contribution is 7.85. The fourth-order valence-electron chi connectivity index (χ4n) is 3.04. The van der Waals surface area contributed by atoms with Gasteiger partial charge in [-0.2, -0.15) is 8.42 Å². The molecule has 3 aromatic carbocycles. The summed E-state index contributed by atoms with van der Waals surface area (Å²) < 4.78 is 31.3. The van der Waals surface area contributed by atoms with E-state index in [0.717, 1.165) is 16.3 Å². The largest absolute Gasteiger partial charge is 0.347 e. The Kier molecular flexibility index (Phi) is 4.47. The van der Waals surface area contributed by atoms with Crippen LogP contribution in [0.15, 0.2) is 77.7 Å². The molecule has 0 atom stereocenters. The van der Waals surface area contributed by atoms with Gasteiger partial charge in [0.15, 0.2) is 0 Å². The summed E-state index contributed by atoms with van der Waals surface area (Å²) in [6, 6.07) is 22.8. The van der Waals surface area contributed by atoms with Gasteiger partial charge in [-0.15, -0.1) is 11.3 Å². The van der Waals surface area contributed by atoms with Crippen LogP contribution in [-0.2, 0) is 10.1 Å². The topological polar surface area (TPSA) is 66.4 Å². The van der Waals surface area contributed by atoms with Crippen molar-refractivity contribution >= 4 is 42.9 Å². The fraction of sp³-hybridized carbons (Fsp3) is 0.0476. The molecule has 0 bridgehead atoms. The SMILES string of the molecule is Cc1sc(Nc2ccc(S(=O)(=O)O)cc2)cc1-c1ccc2ccccc2c1. The van der Waals surface area contributed by atoms with Crippen LogP contribution in [0.1, 0.15) is 4.88 Å². The summed E-state index contributed by atoms with van der Waals surface area (Å²) in [5.41, 5.74) is 3.09. The van der Waals surface area contributed by atoms with E-state index in [1.54, 1.807) is 23.5 Å². The van der Waals surface area contributed by atoms with Crippen LogP contribution in [-0.4, -0.2) is 13.0 Å². The van der Waals surface area contributed by atoms with E-state index in [1.165, 1.54) is 33.3 Å². The molecule has 0 amide bonds. The number of rotatable bonds is 4. The first kappa shape index (κ1) is 17.7. The van der Waals surface area contributed by atoms with Crippen molar-refractivity contribution in [2.75, 3.05) is 5.32 Å². The Balaban J connectivity index is 1.62. The molecule has 0 saturated heterocycles. The minimum Gasteiger partial charge on any atom is -0.347 e. The maximum absolute atomic E-state index is 11.1. The Bertz CT molecular complexity index is 1230. The molecule has 0 aliphatic carbocycles. The zero-order valence-electron chi connectivity index (χ0n) is 14.5. The van der Waals surface area contributed by atoms with Crippen molar-refractivity contribution in [3.8, 4) is 11.1 Å². The zero-order chi connectivity index (χ0) is 19.0. The van der Waals surface area contributed by atoms with Gasteiger partial charge in [0.05, 0.1) is 9.90 Å². The van der Waals surface area contributed by atoms with Crippen molar-refractivity contribution < 1.29 is 13.0 Å². The number of thiophene rings is 1. The third kappa shape index (κ3) is 3.73. The molecule has 6 heteroatoms. The number of hydrogen-bond acceptors (Lipinski definition) is 4. The number of nitrogens with one attached hydrogen (secondary N) is 1. The van der Waals surface area contributed by atoms with Crippen LogP contribution < -0.4 is 5.32 Å². The van der Waals surface area contributed by atoms with E-state index in [2.05, 4.69) is 48.6 Å².